The van der Waals surface area contributed by atoms with Crippen molar-refractivity contribution in [2.75, 3.05) is 0 Å². The lowest BCUT2D eigenvalue weighted by molar-refractivity contribution is -0.343. The number of alkyl halides is 6. The first-order chi connectivity index (χ1) is 19.1. The van der Waals surface area contributed by atoms with Crippen LogP contribution in [0.3, 0.4) is 0 Å². The molecule has 0 bridgehead atoms. The van der Waals surface area contributed by atoms with Gasteiger partial charge in [-0.25, -0.2) is 0 Å². The Bertz CT molecular complexity index is 1050. The SMILES string of the molecule is CC(C)(O)CCC[C@](C)(CC#CC(O)(C(F)(F)F)C(F)(F)F)[C@H]1CCC2/C(=C/C=C3C[C@@H](O)C[C@H](O)C3)CCC[C@@]21C. The van der Waals surface area contributed by atoms with Gasteiger partial charge in [-0.3, -0.25) is 0 Å². The van der Waals surface area contributed by atoms with Crippen molar-refractivity contribution < 1.29 is 46.8 Å². The van der Waals surface area contributed by atoms with Crippen LogP contribution in [0.2, 0.25) is 0 Å². The van der Waals surface area contributed by atoms with Crippen LogP contribution in [-0.4, -0.2) is 56.2 Å². The Labute approximate surface area is 245 Å². The van der Waals surface area contributed by atoms with Gasteiger partial charge >= 0.3 is 18.0 Å². The topological polar surface area (TPSA) is 80.9 Å². The van der Waals surface area contributed by atoms with Gasteiger partial charge in [0.05, 0.1) is 17.8 Å². The molecule has 10 heteroatoms. The minimum absolute atomic E-state index is 0.0503. The molecule has 3 aliphatic carbocycles. The zero-order valence-corrected chi connectivity index (χ0v) is 25.0. The van der Waals surface area contributed by atoms with Gasteiger partial charge < -0.3 is 20.4 Å². The third kappa shape index (κ3) is 7.75. The Kier molecular flexibility index (Phi) is 10.4. The second-order valence-electron chi connectivity index (χ2n) is 14.1. The molecule has 0 spiro atoms. The summed E-state index contributed by atoms with van der Waals surface area (Å²) in [5.74, 6) is 3.42. The predicted octanol–water partition coefficient (Wildman–Crippen LogP) is 7.16. The molecule has 3 saturated carbocycles. The molecule has 240 valence electrons. The van der Waals surface area contributed by atoms with Crippen molar-refractivity contribution in [1.29, 1.82) is 0 Å². The number of aliphatic hydroxyl groups is 4. The highest BCUT2D eigenvalue weighted by molar-refractivity contribution is 5.27. The van der Waals surface area contributed by atoms with E-state index < -0.39 is 41.2 Å². The number of rotatable bonds is 7. The maximum atomic E-state index is 13.3. The molecule has 0 heterocycles. The summed E-state index contributed by atoms with van der Waals surface area (Å²) in [5.41, 5.74) is -4.88. The molecule has 1 unspecified atom stereocenters. The lowest BCUT2D eigenvalue weighted by atomic mass is 9.55. The van der Waals surface area contributed by atoms with Crippen molar-refractivity contribution >= 4 is 0 Å². The molecule has 6 atom stereocenters. The smallest absolute Gasteiger partial charge is 0.393 e. The van der Waals surface area contributed by atoms with Gasteiger partial charge in [-0.2, -0.15) is 26.3 Å². The Morgan fingerprint density at radius 3 is 2.05 bits per heavy atom. The average molecular weight is 609 g/mol. The van der Waals surface area contributed by atoms with Crippen molar-refractivity contribution in [2.45, 2.75) is 141 Å². The van der Waals surface area contributed by atoms with E-state index in [1.165, 1.54) is 11.5 Å². The molecule has 0 saturated heterocycles. The van der Waals surface area contributed by atoms with E-state index in [2.05, 4.69) is 18.9 Å². The lowest BCUT2D eigenvalue weighted by Gasteiger charge is -2.49. The van der Waals surface area contributed by atoms with Crippen molar-refractivity contribution in [2.24, 2.45) is 22.7 Å². The highest BCUT2D eigenvalue weighted by Gasteiger charge is 2.70. The molecule has 3 rings (SSSR count). The van der Waals surface area contributed by atoms with Crippen LogP contribution in [-0.2, 0) is 0 Å². The minimum Gasteiger partial charge on any atom is -0.393 e. The first-order valence-electron chi connectivity index (χ1n) is 14.9. The van der Waals surface area contributed by atoms with Gasteiger partial charge in [-0.15, -0.1) is 0 Å². The summed E-state index contributed by atoms with van der Waals surface area (Å²) >= 11 is 0. The third-order valence-corrected chi connectivity index (χ3v) is 10.00. The van der Waals surface area contributed by atoms with Crippen LogP contribution in [0.4, 0.5) is 26.3 Å². The standard InChI is InChI=1S/C32H46F6O4/c1-27(2,41)13-6-14-28(3,15-7-17-30(42,31(33,34)35)32(36,37)38)26-12-11-25-22(8-5-16-29(25,26)4)10-9-21-18-23(39)20-24(40)19-21/h9-10,23-26,39-42H,5-6,8,11-16,18-20H2,1-4H3/b22-10+/t23-,24-,25?,26-,28-,29+/m1/s1. The van der Waals surface area contributed by atoms with Gasteiger partial charge in [0, 0.05) is 6.42 Å². The van der Waals surface area contributed by atoms with E-state index in [9.17, 15) is 46.8 Å². The molecule has 0 aromatic heterocycles. The molecular formula is C32H46F6O4. The zero-order valence-electron chi connectivity index (χ0n) is 25.0. The summed E-state index contributed by atoms with van der Waals surface area (Å²) in [5, 5.41) is 39.9. The summed E-state index contributed by atoms with van der Waals surface area (Å²) in [7, 11) is 0. The van der Waals surface area contributed by atoms with Gasteiger partial charge in [0.25, 0.3) is 0 Å². The highest BCUT2D eigenvalue weighted by atomic mass is 19.4. The molecule has 0 aromatic carbocycles. The van der Waals surface area contributed by atoms with Crippen molar-refractivity contribution in [3.05, 3.63) is 23.3 Å². The molecule has 0 aromatic rings. The Hall–Kier alpha value is -1.54. The van der Waals surface area contributed by atoms with Gasteiger partial charge in [-0.1, -0.05) is 49.5 Å². The molecule has 4 N–H and O–H groups in total. The summed E-state index contributed by atoms with van der Waals surface area (Å²) < 4.78 is 79.7. The Balaban J connectivity index is 1.93. The molecule has 4 nitrogen and oxygen atoms in total. The van der Waals surface area contributed by atoms with E-state index in [1.54, 1.807) is 13.8 Å². The van der Waals surface area contributed by atoms with Gasteiger partial charge in [0.1, 0.15) is 0 Å². The summed E-state index contributed by atoms with van der Waals surface area (Å²) in [4.78, 5) is 0. The molecular weight excluding hydrogens is 562 g/mol. The van der Waals surface area contributed by atoms with Crippen molar-refractivity contribution in [1.82, 2.24) is 0 Å². The normalized spacial score (nSPS) is 31.8. The highest BCUT2D eigenvalue weighted by Crippen LogP contribution is 2.63. The molecule has 3 fully saturated rings. The minimum atomic E-state index is -6.00. The quantitative estimate of drug-likeness (QED) is 0.183. The Morgan fingerprint density at radius 1 is 0.905 bits per heavy atom. The van der Waals surface area contributed by atoms with Crippen LogP contribution in [0.1, 0.15) is 105 Å². The monoisotopic (exact) mass is 608 g/mol. The molecule has 3 aliphatic rings. The van der Waals surface area contributed by atoms with Crippen LogP contribution in [0.5, 0.6) is 0 Å². The van der Waals surface area contributed by atoms with Gasteiger partial charge in [-0.05, 0) is 107 Å². The van der Waals surface area contributed by atoms with E-state index in [4.69, 9.17) is 0 Å². The first-order valence-corrected chi connectivity index (χ1v) is 14.9. The number of hydrogen-bond donors (Lipinski definition) is 4. The largest absolute Gasteiger partial charge is 0.438 e. The van der Waals surface area contributed by atoms with E-state index in [1.807, 2.05) is 13.0 Å². The number of allylic oxidation sites excluding steroid dienone is 3. The van der Waals surface area contributed by atoms with Crippen molar-refractivity contribution in [3.8, 4) is 11.8 Å². The van der Waals surface area contributed by atoms with Crippen LogP contribution in [0, 0.1) is 34.5 Å². The third-order valence-electron chi connectivity index (χ3n) is 10.00. The number of fused-ring (bicyclic) bond motifs is 1. The number of halogens is 6. The zero-order chi connectivity index (χ0) is 31.8. The number of aliphatic hydroxyl groups excluding tert-OH is 2. The second kappa shape index (κ2) is 12.5. The van der Waals surface area contributed by atoms with Crippen molar-refractivity contribution in [3.63, 3.8) is 0 Å². The lowest BCUT2D eigenvalue weighted by Crippen LogP contribution is -2.55. The predicted molar refractivity (Wildman–Crippen MR) is 148 cm³/mol. The maximum absolute atomic E-state index is 13.3. The summed E-state index contributed by atoms with van der Waals surface area (Å²) in [6, 6.07) is 0. The first kappa shape index (κ1) is 34.9. The second-order valence-corrected chi connectivity index (χ2v) is 14.1. The average Bonchev–Trinajstić information content (AvgIpc) is 3.18. The number of hydrogen-bond acceptors (Lipinski definition) is 4. The van der Waals surface area contributed by atoms with Crippen LogP contribution in [0.15, 0.2) is 23.3 Å². The van der Waals surface area contributed by atoms with Crippen LogP contribution < -0.4 is 0 Å². The summed E-state index contributed by atoms with van der Waals surface area (Å²) in [6.07, 6.45) is -2.41. The Morgan fingerprint density at radius 2 is 1.50 bits per heavy atom. The van der Waals surface area contributed by atoms with Crippen LogP contribution >= 0.6 is 0 Å². The van der Waals surface area contributed by atoms with E-state index in [-0.39, 0.29) is 23.7 Å². The maximum Gasteiger partial charge on any atom is 0.438 e. The fourth-order valence-electron chi connectivity index (χ4n) is 7.90. The van der Waals surface area contributed by atoms with E-state index >= 15 is 0 Å². The molecule has 0 aliphatic heterocycles. The van der Waals surface area contributed by atoms with Gasteiger partial charge in [0.15, 0.2) is 0 Å². The van der Waals surface area contributed by atoms with Gasteiger partial charge in [0.2, 0.25) is 0 Å². The molecule has 0 amide bonds. The summed E-state index contributed by atoms with van der Waals surface area (Å²) in [6.45, 7) is 7.34. The van der Waals surface area contributed by atoms with E-state index in [0.717, 1.165) is 37.7 Å². The van der Waals surface area contributed by atoms with Crippen LogP contribution in [0.25, 0.3) is 0 Å². The molecule has 0 radical (unpaired) electrons. The van der Waals surface area contributed by atoms with E-state index in [0.29, 0.717) is 38.5 Å². The fraction of sp³-hybridized carbons (Fsp3) is 0.812. The molecule has 42 heavy (non-hydrogen) atoms. The fourth-order valence-corrected chi connectivity index (χ4v) is 7.90.